The van der Waals surface area contributed by atoms with Crippen LogP contribution in [0.15, 0.2) is 53.7 Å². The number of Topliss-reactive ketones (excluding diaryl/α,β-unsaturated/α-hetero) is 2. The van der Waals surface area contributed by atoms with Gasteiger partial charge in [-0.25, -0.2) is 0 Å². The van der Waals surface area contributed by atoms with E-state index in [0.717, 1.165) is 0 Å². The van der Waals surface area contributed by atoms with Gasteiger partial charge in [-0.05, 0) is 12.1 Å². The van der Waals surface area contributed by atoms with E-state index in [-0.39, 0.29) is 23.8 Å². The van der Waals surface area contributed by atoms with Crippen molar-refractivity contribution in [3.8, 4) is 6.07 Å². The quantitative estimate of drug-likeness (QED) is 0.640. The minimum Gasteiger partial charge on any atom is -0.293 e. The molecule has 0 unspecified atom stereocenters. The lowest BCUT2D eigenvalue weighted by Crippen LogP contribution is -2.24. The van der Waals surface area contributed by atoms with Gasteiger partial charge in [0.1, 0.15) is 17.7 Å². The Balaban J connectivity index is 1.91. The van der Waals surface area contributed by atoms with Crippen LogP contribution in [0.2, 0.25) is 0 Å². The van der Waals surface area contributed by atoms with Crippen LogP contribution >= 0.6 is 0 Å². The first-order valence-electron chi connectivity index (χ1n) is 6.74. The second-order valence-corrected chi connectivity index (χ2v) is 4.84. The highest BCUT2D eigenvalue weighted by Crippen LogP contribution is 2.27. The molecule has 1 aliphatic carbocycles. The molecule has 1 aromatic carbocycles. The number of hydrogen-bond donors (Lipinski definition) is 0. The summed E-state index contributed by atoms with van der Waals surface area (Å²) in [5.74, 6) is -1.84. The number of aliphatic imine (C=N–C) groups is 1. The zero-order chi connectivity index (χ0) is 15.5. The van der Waals surface area contributed by atoms with Crippen molar-refractivity contribution in [2.45, 2.75) is 6.54 Å². The maximum atomic E-state index is 12.4. The summed E-state index contributed by atoms with van der Waals surface area (Å²) in [4.78, 5) is 32.9. The van der Waals surface area contributed by atoms with Crippen LogP contribution in [0.25, 0.3) is 0 Å². The fraction of sp³-hybridized carbons (Fsp3) is 0.118. The molecule has 3 rings (SSSR count). The highest BCUT2D eigenvalue weighted by Gasteiger charge is 2.41. The number of carbonyl (C=O) groups excluding carboxylic acids is 2. The summed E-state index contributed by atoms with van der Waals surface area (Å²) in [7, 11) is 0. The highest BCUT2D eigenvalue weighted by molar-refractivity contribution is 6.38. The molecule has 0 N–H and O–H groups in total. The summed E-state index contributed by atoms with van der Waals surface area (Å²) in [6, 6.07) is 13.8. The molecule has 106 valence electrons. The minimum absolute atomic E-state index is 0.0585. The topological polar surface area (TPSA) is 83.2 Å². The van der Waals surface area contributed by atoms with E-state index in [1.807, 2.05) is 12.1 Å². The van der Waals surface area contributed by atoms with Gasteiger partial charge in [-0.2, -0.15) is 5.26 Å². The van der Waals surface area contributed by atoms with Gasteiger partial charge < -0.3 is 0 Å². The number of pyridine rings is 1. The van der Waals surface area contributed by atoms with E-state index in [1.165, 1.54) is 0 Å². The number of aromatic nitrogens is 1. The van der Waals surface area contributed by atoms with E-state index in [4.69, 9.17) is 0 Å². The first-order chi connectivity index (χ1) is 10.7. The van der Waals surface area contributed by atoms with E-state index >= 15 is 0 Å². The molecule has 1 aromatic heterocycles. The minimum atomic E-state index is -1.12. The monoisotopic (exact) mass is 289 g/mol. The maximum absolute atomic E-state index is 12.4. The lowest BCUT2D eigenvalue weighted by molar-refractivity contribution is 0.0884. The Bertz CT molecular complexity index is 784. The van der Waals surface area contributed by atoms with Crippen molar-refractivity contribution >= 4 is 17.3 Å². The molecule has 0 fully saturated rings. The second kappa shape index (κ2) is 5.70. The Morgan fingerprint density at radius 3 is 2.27 bits per heavy atom. The number of nitriles is 1. The summed E-state index contributed by atoms with van der Waals surface area (Å²) in [5, 5.41) is 9.27. The normalized spacial score (nSPS) is 14.8. The third kappa shape index (κ3) is 2.31. The van der Waals surface area contributed by atoms with Crippen molar-refractivity contribution in [1.82, 2.24) is 4.98 Å². The Labute approximate surface area is 127 Å². The molecule has 0 spiro atoms. The summed E-state index contributed by atoms with van der Waals surface area (Å²) < 4.78 is 0. The Morgan fingerprint density at radius 1 is 1.09 bits per heavy atom. The summed E-state index contributed by atoms with van der Waals surface area (Å²) in [6.45, 7) is 0.164. The van der Waals surface area contributed by atoms with Crippen LogP contribution in [0.3, 0.4) is 0 Å². The number of nitrogens with zero attached hydrogens (tertiary/aromatic N) is 3. The largest absolute Gasteiger partial charge is 0.293 e. The molecule has 22 heavy (non-hydrogen) atoms. The SMILES string of the molecule is N#CC(=NCc1ccccn1)C1C(=O)c2ccccc2C1=O. The standard InChI is InChI=1S/C17H11N3O2/c18-9-14(20-10-11-5-3-4-8-19-11)15-16(21)12-6-1-2-7-13(12)17(15)22/h1-8,15H,10H2. The molecule has 0 radical (unpaired) electrons. The number of fused-ring (bicyclic) bond motifs is 1. The van der Waals surface area contributed by atoms with Crippen molar-refractivity contribution in [2.75, 3.05) is 0 Å². The summed E-state index contributed by atoms with van der Waals surface area (Å²) in [5.41, 5.74) is 1.33. The molecule has 5 nitrogen and oxygen atoms in total. The van der Waals surface area contributed by atoms with E-state index in [0.29, 0.717) is 16.8 Å². The van der Waals surface area contributed by atoms with Gasteiger partial charge in [-0.1, -0.05) is 30.3 Å². The van der Waals surface area contributed by atoms with Crippen molar-refractivity contribution in [3.63, 3.8) is 0 Å². The predicted molar refractivity (Wildman–Crippen MR) is 79.6 cm³/mol. The summed E-state index contributed by atoms with van der Waals surface area (Å²) in [6.07, 6.45) is 1.62. The number of ketones is 2. The number of hydrogen-bond acceptors (Lipinski definition) is 5. The summed E-state index contributed by atoms with van der Waals surface area (Å²) >= 11 is 0. The molecule has 1 heterocycles. The highest BCUT2D eigenvalue weighted by atomic mass is 16.2. The van der Waals surface area contributed by atoms with Crippen molar-refractivity contribution in [1.29, 1.82) is 5.26 Å². The zero-order valence-electron chi connectivity index (χ0n) is 11.6. The van der Waals surface area contributed by atoms with E-state index in [1.54, 1.807) is 42.6 Å². The average Bonchev–Trinajstić information content (AvgIpc) is 2.82. The third-order valence-electron chi connectivity index (χ3n) is 3.51. The van der Waals surface area contributed by atoms with Crippen LogP contribution in [0.4, 0.5) is 0 Å². The first kappa shape index (κ1) is 13.8. The second-order valence-electron chi connectivity index (χ2n) is 4.84. The van der Waals surface area contributed by atoms with Gasteiger partial charge in [-0.15, -0.1) is 0 Å². The van der Waals surface area contributed by atoms with E-state index in [9.17, 15) is 14.9 Å². The van der Waals surface area contributed by atoms with E-state index < -0.39 is 5.92 Å². The molecule has 1 aliphatic rings. The van der Waals surface area contributed by atoms with Crippen molar-refractivity contribution in [2.24, 2.45) is 10.9 Å². The fourth-order valence-electron chi connectivity index (χ4n) is 2.44. The number of benzene rings is 1. The molecule has 0 bridgehead atoms. The molecule has 0 saturated carbocycles. The van der Waals surface area contributed by atoms with E-state index in [2.05, 4.69) is 9.98 Å². The molecule has 0 aliphatic heterocycles. The Morgan fingerprint density at radius 2 is 1.73 bits per heavy atom. The predicted octanol–water partition coefficient (Wildman–Crippen LogP) is 2.24. The van der Waals surface area contributed by atoms with Crippen LogP contribution in [0.5, 0.6) is 0 Å². The van der Waals surface area contributed by atoms with Crippen molar-refractivity contribution in [3.05, 3.63) is 65.5 Å². The molecule has 0 amide bonds. The van der Waals surface area contributed by atoms with Gasteiger partial charge in [0, 0.05) is 17.3 Å². The molecule has 5 heteroatoms. The molecular weight excluding hydrogens is 278 g/mol. The molecule has 0 atom stereocenters. The number of rotatable bonds is 3. The lowest BCUT2D eigenvalue weighted by atomic mass is 9.98. The Hall–Kier alpha value is -3.13. The molecule has 0 saturated heterocycles. The van der Waals surface area contributed by atoms with Crippen LogP contribution in [0, 0.1) is 17.2 Å². The van der Waals surface area contributed by atoms with Gasteiger partial charge >= 0.3 is 0 Å². The molecule has 2 aromatic rings. The van der Waals surface area contributed by atoms with Gasteiger partial charge in [0.25, 0.3) is 0 Å². The van der Waals surface area contributed by atoms with Crippen LogP contribution in [-0.2, 0) is 6.54 Å². The third-order valence-corrected chi connectivity index (χ3v) is 3.51. The zero-order valence-corrected chi connectivity index (χ0v) is 11.6. The molecular formula is C17H11N3O2. The van der Waals surface area contributed by atoms with Gasteiger partial charge in [0.05, 0.1) is 12.2 Å². The first-order valence-corrected chi connectivity index (χ1v) is 6.74. The average molecular weight is 289 g/mol. The van der Waals surface area contributed by atoms with Crippen LogP contribution < -0.4 is 0 Å². The smallest absolute Gasteiger partial charge is 0.181 e. The van der Waals surface area contributed by atoms with Gasteiger partial charge in [0.15, 0.2) is 11.6 Å². The van der Waals surface area contributed by atoms with Gasteiger partial charge in [-0.3, -0.25) is 19.6 Å². The van der Waals surface area contributed by atoms with Crippen LogP contribution in [-0.4, -0.2) is 22.3 Å². The lowest BCUT2D eigenvalue weighted by Gasteiger charge is -2.04. The van der Waals surface area contributed by atoms with Crippen LogP contribution in [0.1, 0.15) is 26.4 Å². The maximum Gasteiger partial charge on any atom is 0.181 e. The van der Waals surface area contributed by atoms with Crippen molar-refractivity contribution < 1.29 is 9.59 Å². The Kier molecular flexibility index (Phi) is 3.58. The number of carbonyl (C=O) groups is 2. The van der Waals surface area contributed by atoms with Gasteiger partial charge in [0.2, 0.25) is 0 Å². The fourth-order valence-corrected chi connectivity index (χ4v) is 2.44.